The molecule has 0 aliphatic rings. The molecule has 0 spiro atoms. The van der Waals surface area contributed by atoms with E-state index in [1.165, 1.54) is 7.11 Å². The van der Waals surface area contributed by atoms with Gasteiger partial charge in [-0.15, -0.1) is 0 Å². The average Bonchev–Trinajstić information content (AvgIpc) is 1.38. The molecule has 0 aromatic rings. The first-order chi connectivity index (χ1) is 2.27. The van der Waals surface area contributed by atoms with Crippen LogP contribution < -0.4 is 0 Å². The van der Waals surface area contributed by atoms with Crippen molar-refractivity contribution in [1.82, 2.24) is 0 Å². The Hall–Kier alpha value is 2.15. The van der Waals surface area contributed by atoms with Crippen molar-refractivity contribution in [2.45, 2.75) is 0 Å². The van der Waals surface area contributed by atoms with Crippen LogP contribution in [0.2, 0.25) is 0 Å². The Balaban J connectivity index is -0.0000000800. The normalized spacial score (nSPS) is 10.6. The summed E-state index contributed by atoms with van der Waals surface area (Å²) in [5, 5.41) is 0. The summed E-state index contributed by atoms with van der Waals surface area (Å²) in [6, 6.07) is 0. The summed E-state index contributed by atoms with van der Waals surface area (Å²) in [6.07, 6.45) is 0. The van der Waals surface area contributed by atoms with Crippen LogP contribution in [0.3, 0.4) is 0 Å². The van der Waals surface area contributed by atoms with Gasteiger partial charge >= 0.3 is 67.4 Å². The SMILES string of the molecule is CO[PH](=O)O.[NaH].[NaH]. The van der Waals surface area contributed by atoms with Crippen molar-refractivity contribution < 1.29 is 14.0 Å². The molecule has 0 aliphatic heterocycles. The van der Waals surface area contributed by atoms with E-state index < -0.39 is 8.25 Å². The zero-order valence-electron chi connectivity index (χ0n) is 2.76. The molecule has 0 radical (unpaired) electrons. The van der Waals surface area contributed by atoms with Gasteiger partial charge in [-0.3, -0.25) is 4.57 Å². The summed E-state index contributed by atoms with van der Waals surface area (Å²) in [7, 11) is -1.44. The average molecular weight is 144 g/mol. The fourth-order valence-corrected chi connectivity index (χ4v) is 0. The van der Waals surface area contributed by atoms with Gasteiger partial charge in [-0.05, 0) is 0 Å². The molecule has 1 unspecified atom stereocenters. The summed E-state index contributed by atoms with van der Waals surface area (Å²) in [5.74, 6) is 0. The van der Waals surface area contributed by atoms with Crippen LogP contribution in [0.25, 0.3) is 0 Å². The number of hydrogen-bond donors (Lipinski definition) is 1. The summed E-state index contributed by atoms with van der Waals surface area (Å²) >= 11 is 0. The monoisotopic (exact) mass is 144 g/mol. The van der Waals surface area contributed by atoms with E-state index in [-0.39, 0.29) is 59.1 Å². The van der Waals surface area contributed by atoms with Crippen molar-refractivity contribution in [2.75, 3.05) is 7.11 Å². The Morgan fingerprint density at radius 3 is 1.71 bits per heavy atom. The van der Waals surface area contributed by atoms with Crippen LogP contribution in [0, 0.1) is 0 Å². The van der Waals surface area contributed by atoms with Crippen LogP contribution in [0.4, 0.5) is 0 Å². The van der Waals surface area contributed by atoms with E-state index in [1.807, 2.05) is 0 Å². The van der Waals surface area contributed by atoms with Gasteiger partial charge in [0.1, 0.15) is 0 Å². The van der Waals surface area contributed by atoms with E-state index in [9.17, 15) is 4.57 Å². The topological polar surface area (TPSA) is 46.5 Å². The molecule has 7 heavy (non-hydrogen) atoms. The Bertz CT molecular complexity index is 48.2. The van der Waals surface area contributed by atoms with Gasteiger partial charge in [0.25, 0.3) is 0 Å². The molecule has 0 aromatic heterocycles. The van der Waals surface area contributed by atoms with Crippen LogP contribution >= 0.6 is 8.25 Å². The van der Waals surface area contributed by atoms with E-state index >= 15 is 0 Å². The minimum absolute atomic E-state index is 0. The Kier molecular flexibility index (Phi) is 25.3. The molecular weight excluding hydrogens is 137 g/mol. The fourth-order valence-electron chi connectivity index (χ4n) is 0. The molecular formula is CH7Na2O3P. The fraction of sp³-hybridized carbons (Fsp3) is 1.00. The quantitative estimate of drug-likeness (QED) is 0.368. The predicted octanol–water partition coefficient (Wildman–Crippen LogP) is -1.28. The third-order valence-corrected chi connectivity index (χ3v) is 0.524. The number of rotatable bonds is 1. The van der Waals surface area contributed by atoms with Crippen LogP contribution in [0.15, 0.2) is 0 Å². The van der Waals surface area contributed by atoms with Crippen molar-refractivity contribution in [3.63, 3.8) is 0 Å². The van der Waals surface area contributed by atoms with Gasteiger partial charge in [-0.2, -0.15) is 0 Å². The van der Waals surface area contributed by atoms with Gasteiger partial charge in [-0.1, -0.05) is 0 Å². The van der Waals surface area contributed by atoms with Crippen LogP contribution in [-0.4, -0.2) is 71.1 Å². The van der Waals surface area contributed by atoms with Crippen molar-refractivity contribution in [3.05, 3.63) is 0 Å². The molecule has 0 bridgehead atoms. The molecule has 1 N–H and O–H groups in total. The molecule has 0 saturated carbocycles. The van der Waals surface area contributed by atoms with Gasteiger partial charge in [0.05, 0.1) is 0 Å². The van der Waals surface area contributed by atoms with Crippen LogP contribution in [0.5, 0.6) is 0 Å². The molecule has 3 nitrogen and oxygen atoms in total. The second-order valence-electron chi connectivity index (χ2n) is 0.470. The maximum absolute atomic E-state index is 9.33. The molecule has 0 heterocycles. The Labute approximate surface area is 87.4 Å². The molecule has 36 valence electrons. The first kappa shape index (κ1) is 16.1. The van der Waals surface area contributed by atoms with Crippen molar-refractivity contribution in [3.8, 4) is 0 Å². The summed E-state index contributed by atoms with van der Waals surface area (Å²) < 4.78 is 13.2. The van der Waals surface area contributed by atoms with E-state index in [1.54, 1.807) is 0 Å². The van der Waals surface area contributed by atoms with Crippen molar-refractivity contribution in [1.29, 1.82) is 0 Å². The first-order valence-corrected chi connectivity index (χ1v) is 2.30. The van der Waals surface area contributed by atoms with Gasteiger partial charge in [0.2, 0.25) is 0 Å². The summed E-state index contributed by atoms with van der Waals surface area (Å²) in [4.78, 5) is 7.69. The van der Waals surface area contributed by atoms with Crippen LogP contribution in [0.1, 0.15) is 0 Å². The van der Waals surface area contributed by atoms with E-state index in [0.717, 1.165) is 0 Å². The molecule has 0 aliphatic carbocycles. The minimum atomic E-state index is -2.62. The molecule has 0 fully saturated rings. The van der Waals surface area contributed by atoms with Crippen molar-refractivity contribution >= 4 is 67.4 Å². The van der Waals surface area contributed by atoms with E-state index in [2.05, 4.69) is 4.52 Å². The molecule has 0 saturated heterocycles. The van der Waals surface area contributed by atoms with Crippen LogP contribution in [-0.2, 0) is 9.09 Å². The Morgan fingerprint density at radius 2 is 1.71 bits per heavy atom. The second-order valence-corrected chi connectivity index (χ2v) is 1.41. The second kappa shape index (κ2) is 11.0. The zero-order valence-corrected chi connectivity index (χ0v) is 3.76. The standard InChI is InChI=1S/CH5O3P.2Na.2H/c1-4-5(2)3;;;;/h5H,1H3,(H,2,3);;;;. The Morgan fingerprint density at radius 1 is 1.57 bits per heavy atom. The van der Waals surface area contributed by atoms with E-state index in [4.69, 9.17) is 4.89 Å². The zero-order chi connectivity index (χ0) is 4.28. The van der Waals surface area contributed by atoms with Gasteiger partial charge in [0.15, 0.2) is 0 Å². The molecule has 0 aromatic carbocycles. The van der Waals surface area contributed by atoms with Gasteiger partial charge < -0.3 is 9.42 Å². The molecule has 0 amide bonds. The maximum atomic E-state index is 9.33. The summed E-state index contributed by atoms with van der Waals surface area (Å²) in [5.41, 5.74) is 0. The predicted molar refractivity (Wildman–Crippen MR) is 32.5 cm³/mol. The van der Waals surface area contributed by atoms with Gasteiger partial charge in [-0.25, -0.2) is 0 Å². The van der Waals surface area contributed by atoms with Crippen molar-refractivity contribution in [2.24, 2.45) is 0 Å². The molecule has 6 heteroatoms. The molecule has 1 atom stereocenters. The summed E-state index contributed by atoms with van der Waals surface area (Å²) in [6.45, 7) is 0. The first-order valence-electron chi connectivity index (χ1n) is 1.04. The number of hydrogen-bond acceptors (Lipinski definition) is 2. The third kappa shape index (κ3) is 17.9. The molecule has 0 rings (SSSR count). The van der Waals surface area contributed by atoms with Gasteiger partial charge in [0, 0.05) is 7.11 Å². The third-order valence-electron chi connectivity index (χ3n) is 0.175. The van der Waals surface area contributed by atoms with E-state index in [0.29, 0.717) is 0 Å².